The monoisotopic (exact) mass is 203 g/mol. The van der Waals surface area contributed by atoms with E-state index in [1.807, 2.05) is 19.2 Å². The molecular formula is C8H17N3O3. The predicted molar refractivity (Wildman–Crippen MR) is 51.4 cm³/mol. The predicted octanol–water partition coefficient (Wildman–Crippen LogP) is -1.21. The number of aliphatic hydroxyl groups excluding tert-OH is 1. The number of amides is 3. The van der Waals surface area contributed by atoms with Crippen molar-refractivity contribution >= 4 is 11.9 Å². The minimum absolute atomic E-state index is 0.0350. The van der Waals surface area contributed by atoms with Gasteiger partial charge in [-0.25, -0.2) is 4.79 Å². The van der Waals surface area contributed by atoms with E-state index < -0.39 is 18.0 Å². The third-order valence-corrected chi connectivity index (χ3v) is 1.67. The third kappa shape index (κ3) is 6.38. The number of nitrogens with one attached hydrogen (secondary N) is 2. The molecule has 5 N–H and O–H groups in total. The molecule has 0 saturated carbocycles. The van der Waals surface area contributed by atoms with Crippen LogP contribution in [-0.4, -0.2) is 36.2 Å². The SMILES string of the molecule is CC(C)C(O)CNCC(=O)NC(N)=O. The van der Waals surface area contributed by atoms with Crippen LogP contribution < -0.4 is 16.4 Å². The highest BCUT2D eigenvalue weighted by atomic mass is 16.3. The van der Waals surface area contributed by atoms with Crippen molar-refractivity contribution in [2.75, 3.05) is 13.1 Å². The second-order valence-corrected chi connectivity index (χ2v) is 3.35. The van der Waals surface area contributed by atoms with E-state index in [1.165, 1.54) is 0 Å². The Hall–Kier alpha value is -1.14. The summed E-state index contributed by atoms with van der Waals surface area (Å²) in [6.45, 7) is 4.02. The molecule has 0 spiro atoms. The van der Waals surface area contributed by atoms with E-state index in [0.717, 1.165) is 0 Å². The maximum atomic E-state index is 10.8. The number of primary amides is 1. The zero-order valence-electron chi connectivity index (χ0n) is 8.41. The Morgan fingerprint density at radius 2 is 2.00 bits per heavy atom. The van der Waals surface area contributed by atoms with E-state index in [1.54, 1.807) is 0 Å². The average Bonchev–Trinajstić information content (AvgIpc) is 2.02. The number of carbonyl (C=O) groups is 2. The Morgan fingerprint density at radius 3 is 2.43 bits per heavy atom. The molecule has 1 unspecified atom stereocenters. The highest BCUT2D eigenvalue weighted by Crippen LogP contribution is 1.98. The number of nitrogens with two attached hydrogens (primary N) is 1. The Kier molecular flexibility index (Phi) is 5.82. The number of hydrogen-bond donors (Lipinski definition) is 4. The Morgan fingerprint density at radius 1 is 1.43 bits per heavy atom. The Labute approximate surface area is 82.9 Å². The van der Waals surface area contributed by atoms with Crippen molar-refractivity contribution in [1.82, 2.24) is 10.6 Å². The van der Waals surface area contributed by atoms with Crippen LogP contribution in [0.5, 0.6) is 0 Å². The first-order valence-electron chi connectivity index (χ1n) is 4.41. The van der Waals surface area contributed by atoms with Gasteiger partial charge < -0.3 is 16.2 Å². The standard InChI is InChI=1S/C8H17N3O3/c1-5(2)6(12)3-10-4-7(13)11-8(9)14/h5-6,10,12H,3-4H2,1-2H3,(H3,9,11,13,14). The van der Waals surface area contributed by atoms with Crippen molar-refractivity contribution in [3.63, 3.8) is 0 Å². The third-order valence-electron chi connectivity index (χ3n) is 1.67. The van der Waals surface area contributed by atoms with Crippen molar-refractivity contribution in [3.05, 3.63) is 0 Å². The summed E-state index contributed by atoms with van der Waals surface area (Å²) in [6.07, 6.45) is -0.503. The minimum Gasteiger partial charge on any atom is -0.392 e. The van der Waals surface area contributed by atoms with Crippen LogP contribution in [0.4, 0.5) is 4.79 Å². The molecule has 14 heavy (non-hydrogen) atoms. The molecule has 0 saturated heterocycles. The average molecular weight is 203 g/mol. The molecular weight excluding hydrogens is 186 g/mol. The smallest absolute Gasteiger partial charge is 0.318 e. The summed E-state index contributed by atoms with van der Waals surface area (Å²) in [7, 11) is 0. The quantitative estimate of drug-likeness (QED) is 0.450. The molecule has 0 rings (SSSR count). The summed E-state index contributed by atoms with van der Waals surface area (Å²) >= 11 is 0. The van der Waals surface area contributed by atoms with Gasteiger partial charge in [0.05, 0.1) is 12.6 Å². The van der Waals surface area contributed by atoms with E-state index >= 15 is 0 Å². The van der Waals surface area contributed by atoms with Crippen LogP contribution >= 0.6 is 0 Å². The first-order valence-corrected chi connectivity index (χ1v) is 4.41. The fraction of sp³-hybridized carbons (Fsp3) is 0.750. The zero-order valence-corrected chi connectivity index (χ0v) is 8.41. The van der Waals surface area contributed by atoms with Gasteiger partial charge in [0.25, 0.3) is 0 Å². The van der Waals surface area contributed by atoms with Gasteiger partial charge in [0.15, 0.2) is 0 Å². The van der Waals surface area contributed by atoms with Crippen LogP contribution in [-0.2, 0) is 4.79 Å². The number of rotatable bonds is 5. The van der Waals surface area contributed by atoms with Crippen molar-refractivity contribution in [3.8, 4) is 0 Å². The number of aliphatic hydroxyl groups is 1. The molecule has 0 aromatic carbocycles. The summed E-state index contributed by atoms with van der Waals surface area (Å²) in [5.74, 6) is -0.379. The van der Waals surface area contributed by atoms with Gasteiger partial charge in [0.1, 0.15) is 0 Å². The summed E-state index contributed by atoms with van der Waals surface area (Å²) < 4.78 is 0. The van der Waals surface area contributed by atoms with Crippen LogP contribution in [0.2, 0.25) is 0 Å². The molecule has 1 atom stereocenters. The van der Waals surface area contributed by atoms with Crippen molar-refractivity contribution in [2.24, 2.45) is 11.7 Å². The second kappa shape index (κ2) is 6.33. The molecule has 82 valence electrons. The summed E-state index contributed by atoms with van der Waals surface area (Å²) in [6, 6.07) is -0.874. The van der Waals surface area contributed by atoms with Crippen molar-refractivity contribution in [1.29, 1.82) is 0 Å². The lowest BCUT2D eigenvalue weighted by Crippen LogP contribution is -2.42. The highest BCUT2D eigenvalue weighted by Gasteiger charge is 2.09. The molecule has 0 aromatic rings. The Bertz CT molecular complexity index is 206. The molecule has 0 bridgehead atoms. The van der Waals surface area contributed by atoms with E-state index in [0.29, 0.717) is 6.54 Å². The van der Waals surface area contributed by atoms with E-state index in [2.05, 4.69) is 5.32 Å². The lowest BCUT2D eigenvalue weighted by atomic mass is 10.1. The largest absolute Gasteiger partial charge is 0.392 e. The molecule has 0 aliphatic rings. The fourth-order valence-electron chi connectivity index (χ4n) is 0.751. The summed E-state index contributed by atoms with van der Waals surface area (Å²) in [5, 5.41) is 13.9. The number of hydrogen-bond acceptors (Lipinski definition) is 4. The molecule has 0 aliphatic carbocycles. The first kappa shape index (κ1) is 12.9. The van der Waals surface area contributed by atoms with Crippen LogP contribution in [0.3, 0.4) is 0 Å². The lowest BCUT2D eigenvalue weighted by molar-refractivity contribution is -0.119. The fourth-order valence-corrected chi connectivity index (χ4v) is 0.751. The van der Waals surface area contributed by atoms with Gasteiger partial charge in [-0.05, 0) is 5.92 Å². The van der Waals surface area contributed by atoms with Gasteiger partial charge in [0, 0.05) is 6.54 Å². The minimum atomic E-state index is -0.874. The maximum Gasteiger partial charge on any atom is 0.318 e. The topological polar surface area (TPSA) is 104 Å². The molecule has 0 fully saturated rings. The number of imide groups is 1. The van der Waals surface area contributed by atoms with Crippen LogP contribution in [0.15, 0.2) is 0 Å². The molecule has 3 amide bonds. The van der Waals surface area contributed by atoms with Gasteiger partial charge in [-0.3, -0.25) is 10.1 Å². The lowest BCUT2D eigenvalue weighted by Gasteiger charge is -2.14. The van der Waals surface area contributed by atoms with Crippen LogP contribution in [0.25, 0.3) is 0 Å². The summed E-state index contributed by atoms with van der Waals surface area (Å²) in [4.78, 5) is 21.1. The van der Waals surface area contributed by atoms with Crippen LogP contribution in [0.1, 0.15) is 13.8 Å². The van der Waals surface area contributed by atoms with E-state index in [9.17, 15) is 14.7 Å². The summed E-state index contributed by atoms with van der Waals surface area (Å²) in [5.41, 5.74) is 4.73. The van der Waals surface area contributed by atoms with Crippen molar-refractivity contribution < 1.29 is 14.7 Å². The molecule has 0 aliphatic heterocycles. The van der Waals surface area contributed by atoms with Gasteiger partial charge in [0.2, 0.25) is 5.91 Å². The normalized spacial score (nSPS) is 12.6. The van der Waals surface area contributed by atoms with Gasteiger partial charge in [-0.2, -0.15) is 0 Å². The molecule has 6 heteroatoms. The first-order chi connectivity index (χ1) is 6.43. The molecule has 6 nitrogen and oxygen atoms in total. The maximum absolute atomic E-state index is 10.8. The molecule has 0 aromatic heterocycles. The van der Waals surface area contributed by atoms with Crippen LogP contribution in [0, 0.1) is 5.92 Å². The number of carbonyl (C=O) groups excluding carboxylic acids is 2. The van der Waals surface area contributed by atoms with Crippen molar-refractivity contribution in [2.45, 2.75) is 20.0 Å². The molecule has 0 heterocycles. The highest BCUT2D eigenvalue weighted by molar-refractivity contribution is 5.94. The van der Waals surface area contributed by atoms with Gasteiger partial charge >= 0.3 is 6.03 Å². The molecule has 0 radical (unpaired) electrons. The zero-order chi connectivity index (χ0) is 11.1. The Balaban J connectivity index is 3.54. The second-order valence-electron chi connectivity index (χ2n) is 3.35. The van der Waals surface area contributed by atoms with Gasteiger partial charge in [-0.15, -0.1) is 0 Å². The number of urea groups is 1. The van der Waals surface area contributed by atoms with E-state index in [4.69, 9.17) is 5.73 Å². The van der Waals surface area contributed by atoms with E-state index in [-0.39, 0.29) is 12.5 Å². The van der Waals surface area contributed by atoms with Gasteiger partial charge in [-0.1, -0.05) is 13.8 Å².